The molecule has 0 spiro atoms. The molecule has 3 heterocycles. The molecule has 0 bridgehead atoms. The molecule has 2 aliphatic heterocycles. The molecule has 12 heteroatoms. The summed E-state index contributed by atoms with van der Waals surface area (Å²) in [5, 5.41) is 13.1. The number of likely N-dealkylation sites (tertiary alicyclic amines) is 1. The summed E-state index contributed by atoms with van der Waals surface area (Å²) in [6.45, 7) is 2.22. The maximum atomic E-state index is 13.3. The minimum Gasteiger partial charge on any atom is -0.445 e. The molecule has 4 aromatic carbocycles. The van der Waals surface area contributed by atoms with Crippen molar-refractivity contribution in [1.82, 2.24) is 19.8 Å². The molecule has 2 aliphatic rings. The van der Waals surface area contributed by atoms with Gasteiger partial charge in [0.1, 0.15) is 12.6 Å². The van der Waals surface area contributed by atoms with E-state index in [9.17, 15) is 19.5 Å². The zero-order chi connectivity index (χ0) is 37.6. The van der Waals surface area contributed by atoms with E-state index in [4.69, 9.17) is 14.2 Å². The first-order valence-electron chi connectivity index (χ1n) is 17.9. The van der Waals surface area contributed by atoms with Gasteiger partial charge in [0, 0.05) is 36.7 Å². The number of hydrogen-bond donors (Lipinski definition) is 2. The molecule has 2 saturated heterocycles. The average molecular weight is 747 g/mol. The van der Waals surface area contributed by atoms with Crippen molar-refractivity contribution in [3.05, 3.63) is 143 Å². The largest absolute Gasteiger partial charge is 0.445 e. The zero-order valence-electron chi connectivity index (χ0n) is 30.0. The van der Waals surface area contributed by atoms with Crippen LogP contribution in [0.15, 0.2) is 121 Å². The lowest BCUT2D eigenvalue weighted by Gasteiger charge is -2.41. The van der Waals surface area contributed by atoms with Gasteiger partial charge in [-0.1, -0.05) is 122 Å². The molecule has 11 nitrogen and oxygen atoms in total. The molecule has 1 aromatic heterocycles. The molecule has 278 valence electrons. The maximum Gasteiger partial charge on any atom is 0.408 e. The number of aryl methyl sites for hydroxylation is 1. The van der Waals surface area contributed by atoms with Crippen LogP contribution in [0.4, 0.5) is 4.79 Å². The third-order valence-corrected chi connectivity index (χ3v) is 11.0. The second kappa shape index (κ2) is 16.8. The van der Waals surface area contributed by atoms with Gasteiger partial charge in [-0.25, -0.2) is 9.78 Å². The van der Waals surface area contributed by atoms with Gasteiger partial charge in [0.15, 0.2) is 11.4 Å². The summed E-state index contributed by atoms with van der Waals surface area (Å²) in [6.07, 6.45) is 1.79. The number of aliphatic hydroxyl groups is 1. The van der Waals surface area contributed by atoms with Gasteiger partial charge in [-0.2, -0.15) is 0 Å². The van der Waals surface area contributed by atoms with Crippen molar-refractivity contribution in [2.45, 2.75) is 62.8 Å². The van der Waals surface area contributed by atoms with Crippen LogP contribution in [0.1, 0.15) is 53.6 Å². The van der Waals surface area contributed by atoms with Crippen molar-refractivity contribution < 1.29 is 33.7 Å². The maximum absolute atomic E-state index is 13.3. The van der Waals surface area contributed by atoms with Gasteiger partial charge in [0.2, 0.25) is 5.91 Å². The van der Waals surface area contributed by atoms with Crippen LogP contribution in [0.3, 0.4) is 0 Å². The van der Waals surface area contributed by atoms with Crippen molar-refractivity contribution in [2.24, 2.45) is 13.0 Å². The quantitative estimate of drug-likeness (QED) is 0.106. The number of amides is 3. The predicted octanol–water partition coefficient (Wildman–Crippen LogP) is 6.72. The number of rotatable bonds is 12. The number of aliphatic hydroxyl groups excluding tert-OH is 1. The van der Waals surface area contributed by atoms with Crippen LogP contribution in [0, 0.1) is 5.92 Å². The van der Waals surface area contributed by atoms with E-state index in [1.165, 1.54) is 4.90 Å². The fourth-order valence-corrected chi connectivity index (χ4v) is 7.85. The van der Waals surface area contributed by atoms with Gasteiger partial charge in [-0.3, -0.25) is 14.5 Å². The Kier molecular flexibility index (Phi) is 11.5. The Morgan fingerprint density at radius 1 is 0.926 bits per heavy atom. The van der Waals surface area contributed by atoms with E-state index in [1.54, 1.807) is 18.0 Å². The molecular formula is C42H42N4O7S. The highest BCUT2D eigenvalue weighted by molar-refractivity contribution is 7.99. The van der Waals surface area contributed by atoms with Crippen LogP contribution in [-0.4, -0.2) is 55.4 Å². The summed E-state index contributed by atoms with van der Waals surface area (Å²) in [7, 11) is 1.97. The zero-order valence-corrected chi connectivity index (χ0v) is 30.9. The first-order chi connectivity index (χ1) is 26.3. The highest BCUT2D eigenvalue weighted by atomic mass is 32.2. The van der Waals surface area contributed by atoms with Gasteiger partial charge in [0.25, 0.3) is 5.91 Å². The van der Waals surface area contributed by atoms with E-state index in [-0.39, 0.29) is 50.2 Å². The van der Waals surface area contributed by atoms with Crippen LogP contribution in [0.5, 0.6) is 0 Å². The molecule has 5 atom stereocenters. The molecule has 5 aromatic rings. The number of carbonyl (C=O) groups is 3. The van der Waals surface area contributed by atoms with Crippen molar-refractivity contribution in [3.8, 4) is 11.1 Å². The minimum atomic E-state index is -0.993. The number of nitrogens with one attached hydrogen (secondary N) is 1. The molecule has 0 saturated carbocycles. The van der Waals surface area contributed by atoms with E-state index in [0.717, 1.165) is 44.1 Å². The number of nitrogens with zero attached hydrogens (tertiary/aromatic N) is 3. The van der Waals surface area contributed by atoms with E-state index < -0.39 is 24.3 Å². The summed E-state index contributed by atoms with van der Waals surface area (Å²) in [4.78, 5) is 44.5. The normalized spacial score (nSPS) is 21.3. The first kappa shape index (κ1) is 37.1. The van der Waals surface area contributed by atoms with Gasteiger partial charge in [0.05, 0.1) is 31.8 Å². The molecule has 0 aliphatic carbocycles. The minimum absolute atomic E-state index is 0.0279. The molecule has 2 fully saturated rings. The molecule has 7 rings (SSSR count). The van der Waals surface area contributed by atoms with Crippen molar-refractivity contribution in [3.63, 3.8) is 0 Å². The third kappa shape index (κ3) is 8.42. The van der Waals surface area contributed by atoms with Gasteiger partial charge in [-0.05, 0) is 33.4 Å². The Morgan fingerprint density at radius 2 is 1.65 bits per heavy atom. The molecule has 54 heavy (non-hydrogen) atoms. The summed E-state index contributed by atoms with van der Waals surface area (Å²) in [6, 6.07) is 31.6. The van der Waals surface area contributed by atoms with Gasteiger partial charge < -0.3 is 29.2 Å². The highest BCUT2D eigenvalue weighted by Crippen LogP contribution is 2.43. The number of thioether (sulfide) groups is 1. The second-order valence-corrected chi connectivity index (χ2v) is 14.5. The summed E-state index contributed by atoms with van der Waals surface area (Å²) in [5.41, 5.74) is 6.07. The Labute approximate surface area is 318 Å². The Bertz CT molecular complexity index is 2070. The van der Waals surface area contributed by atoms with Crippen LogP contribution < -0.4 is 5.32 Å². The van der Waals surface area contributed by atoms with E-state index >= 15 is 0 Å². The van der Waals surface area contributed by atoms with Crippen LogP contribution in [-0.2, 0) is 50.6 Å². The lowest BCUT2D eigenvalue weighted by atomic mass is 9.91. The summed E-state index contributed by atoms with van der Waals surface area (Å²) < 4.78 is 20.6. The van der Waals surface area contributed by atoms with Crippen molar-refractivity contribution in [2.75, 3.05) is 5.75 Å². The van der Waals surface area contributed by atoms with Gasteiger partial charge >= 0.3 is 6.09 Å². The third-order valence-electron chi connectivity index (χ3n) is 9.87. The smallest absolute Gasteiger partial charge is 0.408 e. The Balaban J connectivity index is 1.05. The number of aromatic nitrogens is 2. The monoisotopic (exact) mass is 746 g/mol. The van der Waals surface area contributed by atoms with Crippen LogP contribution in [0.2, 0.25) is 0 Å². The molecule has 3 amide bonds. The number of hydrogen-bond acceptors (Lipinski definition) is 9. The van der Waals surface area contributed by atoms with Crippen molar-refractivity contribution in [1.29, 1.82) is 0 Å². The topological polar surface area (TPSA) is 132 Å². The Hall–Kier alpha value is -5.27. The molecular weight excluding hydrogens is 705 g/mol. The molecule has 5 unspecified atom stereocenters. The van der Waals surface area contributed by atoms with E-state index in [2.05, 4.69) is 17.2 Å². The lowest BCUT2D eigenvalue weighted by Crippen LogP contribution is -2.41. The number of alkyl carbamates (subject to hydrolysis) is 1. The predicted molar refractivity (Wildman–Crippen MR) is 203 cm³/mol. The van der Waals surface area contributed by atoms with Crippen LogP contribution >= 0.6 is 11.8 Å². The highest BCUT2D eigenvalue weighted by Gasteiger charge is 2.41. The first-order valence-corrected chi connectivity index (χ1v) is 18.9. The average Bonchev–Trinajstić information content (AvgIpc) is 3.73. The van der Waals surface area contributed by atoms with Gasteiger partial charge in [-0.15, -0.1) is 0 Å². The van der Waals surface area contributed by atoms with E-state index in [1.807, 2.05) is 121 Å². The number of benzene rings is 4. The van der Waals surface area contributed by atoms with Crippen molar-refractivity contribution >= 4 is 29.7 Å². The fraction of sp³-hybridized carbons (Fsp3) is 0.286. The molecule has 0 radical (unpaired) electrons. The number of carbonyl (C=O) groups excluding carboxylic acids is 3. The number of ether oxygens (including phenoxy) is 3. The summed E-state index contributed by atoms with van der Waals surface area (Å²) >= 11 is 1.64. The number of imidazole rings is 1. The fourth-order valence-electron chi connectivity index (χ4n) is 6.76. The standard InChI is InChI=1S/C42H42N4O7S/c1-27-36(26-54-41-43-20-21-45(41)2)52-40(53-38(27)31-14-12-28(24-47)13-15-31)32-18-16-30(17-19-32)34-11-7-6-10-33(34)23-46-37(48)22-35(39(46)49)44-42(50)51-25-29-8-4-3-5-9-29/h3-21,27,35-36,38,40,47H,22-26H2,1-2H3,(H,44,50). The Morgan fingerprint density at radius 3 is 2.37 bits per heavy atom. The SMILES string of the molecule is CC1C(CSc2nccn2C)OC(c2ccc(-c3ccccc3CN3C(=O)CC(NC(=O)OCc4ccccc4)C3=O)cc2)OC1c1ccc(CO)cc1. The second-order valence-electron chi connectivity index (χ2n) is 13.5. The number of imide groups is 1. The summed E-state index contributed by atoms with van der Waals surface area (Å²) in [5.74, 6) is -0.123. The molecule has 2 N–H and O–H groups in total. The lowest BCUT2D eigenvalue weighted by molar-refractivity contribution is -0.268. The van der Waals surface area contributed by atoms with Crippen LogP contribution in [0.25, 0.3) is 11.1 Å². The van der Waals surface area contributed by atoms with E-state index in [0.29, 0.717) is 5.75 Å².